The Morgan fingerprint density at radius 2 is 1.85 bits per heavy atom. The lowest BCUT2D eigenvalue weighted by atomic mass is 10.1. The van der Waals surface area contributed by atoms with Gasteiger partial charge in [-0.2, -0.15) is 0 Å². The molecular formula is C21H24N2O3. The summed E-state index contributed by atoms with van der Waals surface area (Å²) in [4.78, 5) is 27.6. The quantitative estimate of drug-likeness (QED) is 0.800. The maximum Gasteiger partial charge on any atom is 0.260 e. The summed E-state index contributed by atoms with van der Waals surface area (Å²) in [5.41, 5.74) is 1.96. The second-order valence-corrected chi connectivity index (χ2v) is 6.52. The third-order valence-electron chi connectivity index (χ3n) is 4.84. The van der Waals surface area contributed by atoms with Crippen molar-refractivity contribution in [2.75, 3.05) is 25.1 Å². The molecule has 2 amide bonds. The number of hydrogen-bond acceptors (Lipinski definition) is 3. The minimum Gasteiger partial charge on any atom is -0.484 e. The first kappa shape index (κ1) is 18.0. The molecule has 0 bridgehead atoms. The highest BCUT2D eigenvalue weighted by molar-refractivity contribution is 5.95. The van der Waals surface area contributed by atoms with Gasteiger partial charge in [-0.25, -0.2) is 0 Å². The molecule has 136 valence electrons. The fourth-order valence-corrected chi connectivity index (χ4v) is 3.06. The van der Waals surface area contributed by atoms with Crippen LogP contribution in [0.25, 0.3) is 0 Å². The lowest BCUT2D eigenvalue weighted by Gasteiger charge is -2.25. The first-order valence-electron chi connectivity index (χ1n) is 8.90. The number of rotatable bonds is 6. The Hall–Kier alpha value is -2.82. The molecule has 1 fully saturated rings. The number of likely N-dealkylation sites (N-methyl/N-ethyl adjacent to an activating group) is 1. The molecule has 26 heavy (non-hydrogen) atoms. The summed E-state index contributed by atoms with van der Waals surface area (Å²) in [6, 6.07) is 17.2. The van der Waals surface area contributed by atoms with Crippen molar-refractivity contribution in [3.63, 3.8) is 0 Å². The molecule has 0 N–H and O–H groups in total. The predicted molar refractivity (Wildman–Crippen MR) is 101 cm³/mol. The van der Waals surface area contributed by atoms with Crippen LogP contribution in [-0.2, 0) is 9.59 Å². The molecule has 2 aromatic rings. The summed E-state index contributed by atoms with van der Waals surface area (Å²) >= 11 is 0. The second kappa shape index (κ2) is 8.04. The maximum absolute atomic E-state index is 12.4. The van der Waals surface area contributed by atoms with E-state index in [1.165, 1.54) is 0 Å². The van der Waals surface area contributed by atoms with Crippen molar-refractivity contribution in [3.05, 3.63) is 60.2 Å². The summed E-state index contributed by atoms with van der Waals surface area (Å²) in [5, 5.41) is 0. The van der Waals surface area contributed by atoms with Crippen LogP contribution in [0.2, 0.25) is 0 Å². The normalized spacial score (nSPS) is 15.0. The monoisotopic (exact) mass is 352 g/mol. The van der Waals surface area contributed by atoms with Crippen molar-refractivity contribution in [1.29, 1.82) is 0 Å². The van der Waals surface area contributed by atoms with Gasteiger partial charge >= 0.3 is 0 Å². The van der Waals surface area contributed by atoms with E-state index >= 15 is 0 Å². The van der Waals surface area contributed by atoms with Crippen molar-refractivity contribution in [2.45, 2.75) is 25.8 Å². The average Bonchev–Trinajstić information content (AvgIpc) is 3.12. The van der Waals surface area contributed by atoms with Crippen molar-refractivity contribution < 1.29 is 14.3 Å². The number of benzene rings is 2. The summed E-state index contributed by atoms with van der Waals surface area (Å²) < 4.78 is 5.62. The highest BCUT2D eigenvalue weighted by atomic mass is 16.5. The van der Waals surface area contributed by atoms with E-state index in [2.05, 4.69) is 0 Å². The Morgan fingerprint density at radius 3 is 2.46 bits per heavy atom. The lowest BCUT2D eigenvalue weighted by molar-refractivity contribution is -0.134. The Kier molecular flexibility index (Phi) is 5.56. The molecule has 1 aliphatic rings. The molecule has 1 saturated heterocycles. The van der Waals surface area contributed by atoms with Gasteiger partial charge in [0.25, 0.3) is 5.91 Å². The molecule has 1 aliphatic heterocycles. The minimum atomic E-state index is -0.0832. The van der Waals surface area contributed by atoms with Gasteiger partial charge in [0.15, 0.2) is 6.61 Å². The number of anilines is 1. The van der Waals surface area contributed by atoms with Gasteiger partial charge in [0.2, 0.25) is 5.91 Å². The first-order chi connectivity index (χ1) is 12.6. The van der Waals surface area contributed by atoms with Gasteiger partial charge in [0.05, 0.1) is 6.04 Å². The standard InChI is InChI=1S/C21H24N2O3/c1-16(17-7-4-3-5-8-17)22(2)21(25)15-26-19-12-10-18(11-13-19)23-14-6-9-20(23)24/h3-5,7-8,10-13,16H,6,9,14-15H2,1-2H3. The average molecular weight is 352 g/mol. The van der Waals surface area contributed by atoms with Crippen LogP contribution in [-0.4, -0.2) is 36.9 Å². The Balaban J connectivity index is 1.55. The van der Waals surface area contributed by atoms with Gasteiger partial charge in [0, 0.05) is 25.7 Å². The number of ether oxygens (including phenoxy) is 1. The summed E-state index contributed by atoms with van der Waals surface area (Å²) in [5.74, 6) is 0.694. The van der Waals surface area contributed by atoms with Crippen LogP contribution in [0.3, 0.4) is 0 Å². The van der Waals surface area contributed by atoms with Crippen LogP contribution in [0.15, 0.2) is 54.6 Å². The van der Waals surface area contributed by atoms with E-state index in [1.54, 1.807) is 29.0 Å². The second-order valence-electron chi connectivity index (χ2n) is 6.52. The van der Waals surface area contributed by atoms with Gasteiger partial charge in [-0.05, 0) is 43.2 Å². The zero-order valence-electron chi connectivity index (χ0n) is 15.2. The predicted octanol–water partition coefficient (Wildman–Crippen LogP) is 3.41. The van der Waals surface area contributed by atoms with E-state index in [1.807, 2.05) is 49.4 Å². The third-order valence-corrected chi connectivity index (χ3v) is 4.84. The Morgan fingerprint density at radius 1 is 1.15 bits per heavy atom. The van der Waals surface area contributed by atoms with Crippen LogP contribution in [0.4, 0.5) is 5.69 Å². The highest BCUT2D eigenvalue weighted by Crippen LogP contribution is 2.24. The largest absolute Gasteiger partial charge is 0.484 e. The summed E-state index contributed by atoms with van der Waals surface area (Å²) in [7, 11) is 1.78. The zero-order valence-corrected chi connectivity index (χ0v) is 15.2. The van der Waals surface area contributed by atoms with Crippen molar-refractivity contribution in [1.82, 2.24) is 4.90 Å². The molecule has 1 heterocycles. The van der Waals surface area contributed by atoms with Crippen LogP contribution in [0.1, 0.15) is 31.4 Å². The van der Waals surface area contributed by atoms with E-state index in [-0.39, 0.29) is 24.5 Å². The number of carbonyl (C=O) groups is 2. The van der Waals surface area contributed by atoms with E-state index < -0.39 is 0 Å². The Bertz CT molecular complexity index is 759. The van der Waals surface area contributed by atoms with E-state index in [4.69, 9.17) is 4.74 Å². The topological polar surface area (TPSA) is 49.9 Å². The molecule has 5 heteroatoms. The Labute approximate surface area is 154 Å². The molecule has 0 spiro atoms. The molecule has 0 aliphatic carbocycles. The molecule has 3 rings (SSSR count). The third kappa shape index (κ3) is 4.04. The van der Waals surface area contributed by atoms with Gasteiger partial charge in [-0.3, -0.25) is 9.59 Å². The number of amides is 2. The summed E-state index contributed by atoms with van der Waals surface area (Å²) in [6.07, 6.45) is 1.51. The van der Waals surface area contributed by atoms with Crippen molar-refractivity contribution in [3.8, 4) is 5.75 Å². The van der Waals surface area contributed by atoms with Gasteiger partial charge in [-0.1, -0.05) is 30.3 Å². The molecule has 0 radical (unpaired) electrons. The van der Waals surface area contributed by atoms with E-state index in [0.29, 0.717) is 12.2 Å². The van der Waals surface area contributed by atoms with Crippen LogP contribution in [0.5, 0.6) is 5.75 Å². The van der Waals surface area contributed by atoms with Gasteiger partial charge < -0.3 is 14.5 Å². The fraction of sp³-hybridized carbons (Fsp3) is 0.333. The molecule has 1 atom stereocenters. The van der Waals surface area contributed by atoms with E-state index in [0.717, 1.165) is 24.2 Å². The van der Waals surface area contributed by atoms with Crippen LogP contribution in [0, 0.1) is 0 Å². The highest BCUT2D eigenvalue weighted by Gasteiger charge is 2.21. The van der Waals surface area contributed by atoms with Crippen LogP contribution >= 0.6 is 0 Å². The fourth-order valence-electron chi connectivity index (χ4n) is 3.06. The number of hydrogen-bond donors (Lipinski definition) is 0. The van der Waals surface area contributed by atoms with Crippen molar-refractivity contribution in [2.24, 2.45) is 0 Å². The van der Waals surface area contributed by atoms with Gasteiger partial charge in [-0.15, -0.1) is 0 Å². The SMILES string of the molecule is CC(c1ccccc1)N(C)C(=O)COc1ccc(N2CCCC2=O)cc1. The first-order valence-corrected chi connectivity index (χ1v) is 8.90. The molecule has 1 unspecified atom stereocenters. The number of nitrogens with zero attached hydrogens (tertiary/aromatic N) is 2. The number of carbonyl (C=O) groups excluding carboxylic acids is 2. The molecular weight excluding hydrogens is 328 g/mol. The molecule has 0 saturated carbocycles. The zero-order chi connectivity index (χ0) is 18.5. The molecule has 5 nitrogen and oxygen atoms in total. The smallest absolute Gasteiger partial charge is 0.260 e. The maximum atomic E-state index is 12.4. The van der Waals surface area contributed by atoms with Crippen molar-refractivity contribution >= 4 is 17.5 Å². The van der Waals surface area contributed by atoms with Gasteiger partial charge in [0.1, 0.15) is 5.75 Å². The molecule has 0 aromatic heterocycles. The van der Waals surface area contributed by atoms with Crippen LogP contribution < -0.4 is 9.64 Å². The molecule has 2 aromatic carbocycles. The lowest BCUT2D eigenvalue weighted by Crippen LogP contribution is -2.33. The minimum absolute atomic E-state index is 0.0177. The van der Waals surface area contributed by atoms with E-state index in [9.17, 15) is 9.59 Å². The summed E-state index contributed by atoms with van der Waals surface area (Å²) in [6.45, 7) is 2.74.